The fraction of sp³-hybridized carbons (Fsp3) is 0.269. The fourth-order valence-electron chi connectivity index (χ4n) is 4.62. The molecule has 1 aromatic heterocycles. The summed E-state index contributed by atoms with van der Waals surface area (Å²) >= 11 is 1.46. The quantitative estimate of drug-likeness (QED) is 0.502. The highest BCUT2D eigenvalue weighted by Crippen LogP contribution is 2.44. The molecule has 2 atom stereocenters. The van der Waals surface area contributed by atoms with Crippen molar-refractivity contribution in [1.82, 2.24) is 14.6 Å². The molecule has 1 saturated carbocycles. The number of fused-ring (bicyclic) bond motifs is 1. The van der Waals surface area contributed by atoms with E-state index < -0.39 is 0 Å². The van der Waals surface area contributed by atoms with Crippen molar-refractivity contribution in [3.63, 3.8) is 0 Å². The summed E-state index contributed by atoms with van der Waals surface area (Å²) in [5.74, 6) is 0.561. The Morgan fingerprint density at radius 1 is 1.12 bits per heavy atom. The zero-order chi connectivity index (χ0) is 21.9. The van der Waals surface area contributed by atoms with E-state index in [-0.39, 0.29) is 17.9 Å². The zero-order valence-electron chi connectivity index (χ0n) is 18.1. The van der Waals surface area contributed by atoms with Crippen LogP contribution in [-0.2, 0) is 11.8 Å². The number of carbonyl (C=O) groups excluding carboxylic acids is 1. The minimum absolute atomic E-state index is 0.0211. The molecule has 2 aliphatic rings. The molecule has 0 radical (unpaired) electrons. The Morgan fingerprint density at radius 2 is 1.88 bits per heavy atom. The lowest BCUT2D eigenvalue weighted by atomic mass is 9.77. The third kappa shape index (κ3) is 4.15. The van der Waals surface area contributed by atoms with E-state index in [4.69, 9.17) is 5.10 Å². The first-order chi connectivity index (χ1) is 15.7. The minimum Gasteiger partial charge on any atom is -0.329 e. The largest absolute Gasteiger partial charge is 0.329 e. The Balaban J connectivity index is 1.47. The van der Waals surface area contributed by atoms with Crippen LogP contribution in [0.2, 0.25) is 0 Å². The summed E-state index contributed by atoms with van der Waals surface area (Å²) in [4.78, 5) is 17.7. The predicted molar refractivity (Wildman–Crippen MR) is 129 cm³/mol. The molecule has 0 N–H and O–H groups in total. The monoisotopic (exact) mass is 442 g/mol. The number of aryl methyl sites for hydroxylation is 1. The molecule has 6 heteroatoms. The maximum Gasteiger partial charge on any atom is 0.253 e. The Kier molecular flexibility index (Phi) is 5.95. The van der Waals surface area contributed by atoms with Crippen LogP contribution in [0.3, 0.4) is 0 Å². The van der Waals surface area contributed by atoms with Gasteiger partial charge in [-0.2, -0.15) is 5.10 Å². The molecule has 32 heavy (non-hydrogen) atoms. The lowest BCUT2D eigenvalue weighted by Crippen LogP contribution is -2.32. The van der Waals surface area contributed by atoms with Gasteiger partial charge in [0.1, 0.15) is 0 Å². The summed E-state index contributed by atoms with van der Waals surface area (Å²) in [7, 11) is 1.94. The second-order valence-corrected chi connectivity index (χ2v) is 9.21. The molecule has 0 spiro atoms. The van der Waals surface area contributed by atoms with E-state index in [1.54, 1.807) is 11.2 Å². The molecule has 2 heterocycles. The maximum atomic E-state index is 13.4. The van der Waals surface area contributed by atoms with E-state index in [0.717, 1.165) is 35.7 Å². The number of hydrogen-bond acceptors (Lipinski definition) is 4. The SMILES string of the molecule is Cn1ccnc1SCC(=O)N1N=C2/C(=C\c3ccccc3)CCCC2C1c1ccccc1. The van der Waals surface area contributed by atoms with Crippen molar-refractivity contribution in [3.8, 4) is 0 Å². The molecule has 0 bridgehead atoms. The van der Waals surface area contributed by atoms with Gasteiger partial charge in [0.25, 0.3) is 5.91 Å². The average Bonchev–Trinajstić information content (AvgIpc) is 3.43. The van der Waals surface area contributed by atoms with Gasteiger partial charge >= 0.3 is 0 Å². The molecule has 5 nitrogen and oxygen atoms in total. The number of hydrazone groups is 1. The number of amides is 1. The number of thioether (sulfide) groups is 1. The number of hydrogen-bond donors (Lipinski definition) is 0. The van der Waals surface area contributed by atoms with Gasteiger partial charge in [0.05, 0.1) is 17.5 Å². The molecule has 1 amide bonds. The van der Waals surface area contributed by atoms with Crippen molar-refractivity contribution in [3.05, 3.63) is 89.8 Å². The Labute approximate surface area is 192 Å². The van der Waals surface area contributed by atoms with Gasteiger partial charge < -0.3 is 4.57 Å². The topological polar surface area (TPSA) is 50.5 Å². The molecule has 1 fully saturated rings. The van der Waals surface area contributed by atoms with Gasteiger partial charge in [0.2, 0.25) is 0 Å². The van der Waals surface area contributed by atoms with E-state index in [9.17, 15) is 4.79 Å². The van der Waals surface area contributed by atoms with Crippen molar-refractivity contribution < 1.29 is 4.79 Å². The van der Waals surface area contributed by atoms with Crippen LogP contribution in [0, 0.1) is 5.92 Å². The minimum atomic E-state index is -0.0554. The number of imidazole rings is 1. The van der Waals surface area contributed by atoms with E-state index in [1.807, 2.05) is 42.1 Å². The molecule has 3 aromatic rings. The number of nitrogens with zero attached hydrogens (tertiary/aromatic N) is 4. The first kappa shape index (κ1) is 20.8. The van der Waals surface area contributed by atoms with Gasteiger partial charge in [0.15, 0.2) is 5.16 Å². The summed E-state index contributed by atoms with van der Waals surface area (Å²) in [5, 5.41) is 7.54. The fourth-order valence-corrected chi connectivity index (χ4v) is 5.41. The van der Waals surface area contributed by atoms with Crippen molar-refractivity contribution in [2.45, 2.75) is 30.5 Å². The van der Waals surface area contributed by atoms with Gasteiger partial charge in [-0.15, -0.1) is 0 Å². The highest BCUT2D eigenvalue weighted by Gasteiger charge is 2.43. The van der Waals surface area contributed by atoms with Crippen molar-refractivity contribution in [2.24, 2.45) is 18.1 Å². The van der Waals surface area contributed by atoms with Crippen LogP contribution in [0.1, 0.15) is 36.4 Å². The number of carbonyl (C=O) groups is 1. The summed E-state index contributed by atoms with van der Waals surface area (Å²) in [6, 6.07) is 20.7. The molecule has 5 rings (SSSR count). The lowest BCUT2D eigenvalue weighted by Gasteiger charge is -2.29. The molecule has 2 aromatic carbocycles. The summed E-state index contributed by atoms with van der Waals surface area (Å²) in [6.45, 7) is 0. The van der Waals surface area contributed by atoms with Gasteiger partial charge in [-0.3, -0.25) is 4.79 Å². The Morgan fingerprint density at radius 3 is 2.59 bits per heavy atom. The third-order valence-corrected chi connectivity index (χ3v) is 7.18. The standard InChI is InChI=1S/C26H26N4OS/c1-29-16-15-27-26(29)32-18-23(31)30-25(20-11-6-3-7-12-20)22-14-8-13-21(24(22)28-30)17-19-9-4-2-5-10-19/h2-7,9-12,15-17,22,25H,8,13-14,18H2,1H3/b21-17-. The number of benzene rings is 2. The third-order valence-electron chi connectivity index (χ3n) is 6.14. The van der Waals surface area contributed by atoms with Crippen LogP contribution < -0.4 is 0 Å². The first-order valence-electron chi connectivity index (χ1n) is 11.0. The van der Waals surface area contributed by atoms with E-state index in [0.29, 0.717) is 5.75 Å². The number of allylic oxidation sites excluding steroid dienone is 1. The maximum absolute atomic E-state index is 13.4. The van der Waals surface area contributed by atoms with Crippen LogP contribution in [0.15, 0.2) is 88.9 Å². The van der Waals surface area contributed by atoms with Gasteiger partial charge in [0, 0.05) is 25.4 Å². The van der Waals surface area contributed by atoms with E-state index >= 15 is 0 Å². The average molecular weight is 443 g/mol. The molecule has 0 saturated heterocycles. The number of aromatic nitrogens is 2. The molecule has 1 aliphatic carbocycles. The van der Waals surface area contributed by atoms with Crippen LogP contribution in [0.4, 0.5) is 0 Å². The molecular formula is C26H26N4OS. The summed E-state index contributed by atoms with van der Waals surface area (Å²) in [5.41, 5.74) is 4.65. The number of rotatable bonds is 5. The first-order valence-corrected chi connectivity index (χ1v) is 12.0. The predicted octanol–water partition coefficient (Wildman–Crippen LogP) is 5.34. The second-order valence-electron chi connectivity index (χ2n) is 8.27. The van der Waals surface area contributed by atoms with E-state index in [1.165, 1.54) is 22.9 Å². The highest BCUT2D eigenvalue weighted by molar-refractivity contribution is 7.99. The van der Waals surface area contributed by atoms with E-state index in [2.05, 4.69) is 47.5 Å². The van der Waals surface area contributed by atoms with Crippen LogP contribution in [0.25, 0.3) is 6.08 Å². The molecule has 2 unspecified atom stereocenters. The normalized spacial score (nSPS) is 21.5. The Hall–Kier alpha value is -3.12. The highest BCUT2D eigenvalue weighted by atomic mass is 32.2. The molecular weight excluding hydrogens is 416 g/mol. The van der Waals surface area contributed by atoms with Gasteiger partial charge in [-0.05, 0) is 42.0 Å². The van der Waals surface area contributed by atoms with Crippen molar-refractivity contribution in [2.75, 3.05) is 5.75 Å². The zero-order valence-corrected chi connectivity index (χ0v) is 18.9. The van der Waals surface area contributed by atoms with Crippen LogP contribution >= 0.6 is 11.8 Å². The lowest BCUT2D eigenvalue weighted by molar-refractivity contribution is -0.130. The van der Waals surface area contributed by atoms with Gasteiger partial charge in [-0.25, -0.2) is 9.99 Å². The van der Waals surface area contributed by atoms with Crippen molar-refractivity contribution >= 4 is 29.5 Å². The van der Waals surface area contributed by atoms with Gasteiger partial charge in [-0.1, -0.05) is 72.4 Å². The van der Waals surface area contributed by atoms with Crippen molar-refractivity contribution in [1.29, 1.82) is 0 Å². The van der Waals surface area contributed by atoms with Crippen LogP contribution in [0.5, 0.6) is 0 Å². The smallest absolute Gasteiger partial charge is 0.253 e. The molecule has 162 valence electrons. The Bertz CT molecular complexity index is 1150. The second kappa shape index (κ2) is 9.17. The summed E-state index contributed by atoms with van der Waals surface area (Å²) < 4.78 is 1.93. The van der Waals surface area contributed by atoms with Crippen LogP contribution in [-0.4, -0.2) is 31.9 Å². The molecule has 1 aliphatic heterocycles. The summed E-state index contributed by atoms with van der Waals surface area (Å²) in [6.07, 6.45) is 9.03.